The van der Waals surface area contributed by atoms with Gasteiger partial charge in [0, 0.05) is 12.6 Å². The van der Waals surface area contributed by atoms with Crippen LogP contribution in [0.15, 0.2) is 18.2 Å². The fourth-order valence-corrected chi connectivity index (χ4v) is 2.31. The van der Waals surface area contributed by atoms with Crippen LogP contribution in [0.1, 0.15) is 23.2 Å². The molecular formula is C12H15Cl3N2O. The molecule has 100 valence electrons. The normalized spacial score (nSPS) is 18.2. The Morgan fingerprint density at radius 1 is 1.44 bits per heavy atom. The number of carbonyl (C=O) groups is 1. The second-order valence-electron chi connectivity index (χ2n) is 4.10. The van der Waals surface area contributed by atoms with Crippen LogP contribution in [0.25, 0.3) is 0 Å². The molecule has 3 nitrogen and oxygen atoms in total. The lowest BCUT2D eigenvalue weighted by molar-refractivity contribution is 0.0950. The highest BCUT2D eigenvalue weighted by atomic mass is 35.5. The van der Waals surface area contributed by atoms with Crippen molar-refractivity contribution in [3.8, 4) is 0 Å². The summed E-state index contributed by atoms with van der Waals surface area (Å²) in [6, 6.07) is 5.43. The van der Waals surface area contributed by atoms with E-state index in [2.05, 4.69) is 10.6 Å². The van der Waals surface area contributed by atoms with E-state index in [4.69, 9.17) is 23.2 Å². The van der Waals surface area contributed by atoms with E-state index in [1.54, 1.807) is 18.2 Å². The maximum atomic E-state index is 11.9. The quantitative estimate of drug-likeness (QED) is 0.901. The van der Waals surface area contributed by atoms with Crippen LogP contribution in [0.4, 0.5) is 0 Å². The molecule has 1 aliphatic rings. The summed E-state index contributed by atoms with van der Waals surface area (Å²) in [7, 11) is 0. The molecule has 1 atom stereocenters. The summed E-state index contributed by atoms with van der Waals surface area (Å²) in [4.78, 5) is 11.9. The van der Waals surface area contributed by atoms with Crippen molar-refractivity contribution >= 4 is 41.5 Å². The van der Waals surface area contributed by atoms with Crippen LogP contribution in [0, 0.1) is 0 Å². The number of nitrogens with one attached hydrogen (secondary N) is 2. The molecule has 1 aromatic carbocycles. The van der Waals surface area contributed by atoms with Crippen LogP contribution < -0.4 is 10.6 Å². The van der Waals surface area contributed by atoms with Crippen LogP contribution in [-0.2, 0) is 0 Å². The molecule has 0 aliphatic carbocycles. The zero-order chi connectivity index (χ0) is 12.3. The van der Waals surface area contributed by atoms with Gasteiger partial charge in [-0.05, 0) is 31.5 Å². The van der Waals surface area contributed by atoms with Gasteiger partial charge in [0.25, 0.3) is 5.91 Å². The predicted molar refractivity (Wildman–Crippen MR) is 77.1 cm³/mol. The molecule has 1 unspecified atom stereocenters. The smallest absolute Gasteiger partial charge is 0.252 e. The Kier molecular flexibility index (Phi) is 6.22. The maximum absolute atomic E-state index is 11.9. The van der Waals surface area contributed by atoms with Gasteiger partial charge >= 0.3 is 0 Å². The van der Waals surface area contributed by atoms with Crippen LogP contribution in [-0.4, -0.2) is 25.0 Å². The van der Waals surface area contributed by atoms with E-state index in [1.165, 1.54) is 6.42 Å². The van der Waals surface area contributed by atoms with E-state index >= 15 is 0 Å². The topological polar surface area (TPSA) is 41.1 Å². The number of halogens is 3. The Hall–Kier alpha value is -0.480. The molecule has 18 heavy (non-hydrogen) atoms. The third-order valence-corrected chi connectivity index (χ3v) is 3.69. The second-order valence-corrected chi connectivity index (χ2v) is 4.89. The van der Waals surface area contributed by atoms with Gasteiger partial charge in [0.1, 0.15) is 0 Å². The number of rotatable bonds is 3. The fourth-order valence-electron chi connectivity index (χ4n) is 1.92. The summed E-state index contributed by atoms with van der Waals surface area (Å²) in [5.41, 5.74) is 0.428. The lowest BCUT2D eigenvalue weighted by Gasteiger charge is -2.12. The highest BCUT2D eigenvalue weighted by molar-refractivity contribution is 6.43. The molecule has 1 fully saturated rings. The Bertz CT molecular complexity index is 420. The molecule has 6 heteroatoms. The summed E-state index contributed by atoms with van der Waals surface area (Å²) >= 11 is 11.8. The summed E-state index contributed by atoms with van der Waals surface area (Å²) in [5, 5.41) is 6.89. The number of hydrogen-bond acceptors (Lipinski definition) is 2. The zero-order valence-electron chi connectivity index (χ0n) is 9.71. The fraction of sp³-hybridized carbons (Fsp3) is 0.417. The van der Waals surface area contributed by atoms with Crippen molar-refractivity contribution in [1.82, 2.24) is 10.6 Å². The first-order valence-corrected chi connectivity index (χ1v) is 6.39. The van der Waals surface area contributed by atoms with Gasteiger partial charge in [0.2, 0.25) is 0 Å². The zero-order valence-corrected chi connectivity index (χ0v) is 12.0. The minimum atomic E-state index is -0.175. The average molecular weight is 310 g/mol. The average Bonchev–Trinajstić information content (AvgIpc) is 2.82. The molecule has 2 rings (SSSR count). The van der Waals surface area contributed by atoms with Gasteiger partial charge in [-0.15, -0.1) is 12.4 Å². The van der Waals surface area contributed by atoms with E-state index in [1.807, 2.05) is 0 Å². The summed E-state index contributed by atoms with van der Waals surface area (Å²) in [6.45, 7) is 1.65. The van der Waals surface area contributed by atoms with Gasteiger partial charge in [-0.2, -0.15) is 0 Å². The van der Waals surface area contributed by atoms with Crippen LogP contribution in [0.5, 0.6) is 0 Å². The molecule has 0 spiro atoms. The van der Waals surface area contributed by atoms with E-state index < -0.39 is 0 Å². The minimum Gasteiger partial charge on any atom is -0.350 e. The number of amides is 1. The maximum Gasteiger partial charge on any atom is 0.252 e. The van der Waals surface area contributed by atoms with Crippen molar-refractivity contribution in [3.05, 3.63) is 33.8 Å². The van der Waals surface area contributed by atoms with E-state index in [9.17, 15) is 4.79 Å². The van der Waals surface area contributed by atoms with Gasteiger partial charge in [0.15, 0.2) is 0 Å². The van der Waals surface area contributed by atoms with Gasteiger partial charge < -0.3 is 10.6 Å². The largest absolute Gasteiger partial charge is 0.350 e. The molecule has 1 amide bonds. The summed E-state index contributed by atoms with van der Waals surface area (Å²) in [5.74, 6) is -0.175. The van der Waals surface area contributed by atoms with Gasteiger partial charge in [0.05, 0.1) is 15.6 Å². The minimum absolute atomic E-state index is 0. The molecule has 0 aromatic heterocycles. The third kappa shape index (κ3) is 3.75. The molecule has 1 aliphatic heterocycles. The summed E-state index contributed by atoms with van der Waals surface area (Å²) in [6.07, 6.45) is 2.27. The van der Waals surface area contributed by atoms with Crippen LogP contribution in [0.3, 0.4) is 0 Å². The molecule has 1 heterocycles. The van der Waals surface area contributed by atoms with Crippen molar-refractivity contribution in [2.45, 2.75) is 18.9 Å². The Balaban J connectivity index is 0.00000162. The van der Waals surface area contributed by atoms with Crippen molar-refractivity contribution in [2.75, 3.05) is 13.1 Å². The van der Waals surface area contributed by atoms with Gasteiger partial charge in [-0.3, -0.25) is 4.79 Å². The third-order valence-electron chi connectivity index (χ3n) is 2.87. The van der Waals surface area contributed by atoms with Crippen molar-refractivity contribution in [2.24, 2.45) is 0 Å². The van der Waals surface area contributed by atoms with Crippen molar-refractivity contribution < 1.29 is 4.79 Å². The predicted octanol–water partition coefficient (Wildman–Crippen LogP) is 2.90. The van der Waals surface area contributed by atoms with Crippen LogP contribution in [0.2, 0.25) is 10.0 Å². The monoisotopic (exact) mass is 308 g/mol. The summed E-state index contributed by atoms with van der Waals surface area (Å²) < 4.78 is 0. The SMILES string of the molecule is Cl.O=C(NCC1CCCN1)c1cccc(Cl)c1Cl. The highest BCUT2D eigenvalue weighted by Crippen LogP contribution is 2.25. The Morgan fingerprint density at radius 3 is 2.89 bits per heavy atom. The van der Waals surface area contributed by atoms with Gasteiger partial charge in [-0.25, -0.2) is 0 Å². The first kappa shape index (κ1) is 15.6. The molecule has 2 N–H and O–H groups in total. The Morgan fingerprint density at radius 2 is 2.22 bits per heavy atom. The second kappa shape index (κ2) is 7.19. The first-order chi connectivity index (χ1) is 8.18. The van der Waals surface area contributed by atoms with Crippen molar-refractivity contribution in [1.29, 1.82) is 0 Å². The number of carbonyl (C=O) groups excluding carboxylic acids is 1. The Labute approximate surface area is 123 Å². The number of hydrogen-bond donors (Lipinski definition) is 2. The molecule has 1 aromatic rings. The molecule has 0 bridgehead atoms. The molecule has 1 saturated heterocycles. The molecule has 0 saturated carbocycles. The first-order valence-electron chi connectivity index (χ1n) is 5.64. The lowest BCUT2D eigenvalue weighted by atomic mass is 10.2. The number of benzene rings is 1. The van der Waals surface area contributed by atoms with Crippen molar-refractivity contribution in [3.63, 3.8) is 0 Å². The molecular weight excluding hydrogens is 295 g/mol. The highest BCUT2D eigenvalue weighted by Gasteiger charge is 2.17. The molecule has 0 radical (unpaired) electrons. The standard InChI is InChI=1S/C12H14Cl2N2O.ClH/c13-10-5-1-4-9(11(10)14)12(17)16-7-8-3-2-6-15-8;/h1,4-5,8,15H,2-3,6-7H2,(H,16,17);1H. The van der Waals surface area contributed by atoms with Crippen LogP contribution >= 0.6 is 35.6 Å². The lowest BCUT2D eigenvalue weighted by Crippen LogP contribution is -2.37. The van der Waals surface area contributed by atoms with E-state index in [0.29, 0.717) is 28.2 Å². The van der Waals surface area contributed by atoms with E-state index in [-0.39, 0.29) is 18.3 Å². The van der Waals surface area contributed by atoms with E-state index in [0.717, 1.165) is 13.0 Å². The van der Waals surface area contributed by atoms with Gasteiger partial charge in [-0.1, -0.05) is 29.3 Å².